The minimum Gasteiger partial charge on any atom is -0.332 e. The molecule has 2 amide bonds. The second-order valence-electron chi connectivity index (χ2n) is 6.66. The molecule has 0 saturated carbocycles. The van der Waals surface area contributed by atoms with Crippen LogP contribution >= 0.6 is 23.4 Å². The van der Waals surface area contributed by atoms with E-state index in [0.717, 1.165) is 11.1 Å². The van der Waals surface area contributed by atoms with Gasteiger partial charge in [-0.15, -0.1) is 11.8 Å². The number of carbonyl (C=O) groups is 2. The Hall–Kier alpha value is -2.09. The Balaban J connectivity index is 1.53. The highest BCUT2D eigenvalue weighted by Gasteiger charge is 2.27. The molecule has 2 atom stereocenters. The van der Waals surface area contributed by atoms with Crippen LogP contribution in [0.25, 0.3) is 0 Å². The predicted molar refractivity (Wildman–Crippen MR) is 111 cm³/mol. The summed E-state index contributed by atoms with van der Waals surface area (Å²) in [5.41, 5.74) is 2.23. The molecule has 28 heavy (non-hydrogen) atoms. The summed E-state index contributed by atoms with van der Waals surface area (Å²) < 4.78 is 13.0. The minimum absolute atomic E-state index is 0.105. The van der Waals surface area contributed by atoms with Gasteiger partial charge >= 0.3 is 0 Å². The van der Waals surface area contributed by atoms with Gasteiger partial charge in [0.15, 0.2) is 0 Å². The maximum atomic E-state index is 13.0. The summed E-state index contributed by atoms with van der Waals surface area (Å²) in [6.45, 7) is 1.89. The standard InChI is InChI=1S/C20H21ClFN3O2S/c1-12-2-5-14(21)8-17(12)24-18(26)9-16-10-19(27)25-20(23-16)28-11-13-3-6-15(22)7-4-13/h2-8,16,20,23H,9-11H2,1H3,(H,24,26)(H,25,27). The second kappa shape index (κ2) is 9.41. The molecule has 0 spiro atoms. The largest absolute Gasteiger partial charge is 0.332 e. The van der Waals surface area contributed by atoms with Crippen molar-refractivity contribution >= 4 is 40.9 Å². The molecule has 8 heteroatoms. The quantitative estimate of drug-likeness (QED) is 0.663. The molecular weight excluding hydrogens is 401 g/mol. The number of halogens is 2. The van der Waals surface area contributed by atoms with E-state index in [2.05, 4.69) is 16.0 Å². The smallest absolute Gasteiger partial charge is 0.225 e. The van der Waals surface area contributed by atoms with Gasteiger partial charge in [-0.05, 0) is 42.3 Å². The zero-order chi connectivity index (χ0) is 20.1. The Labute approximate surface area is 172 Å². The molecule has 0 bridgehead atoms. The Morgan fingerprint density at radius 3 is 2.79 bits per heavy atom. The summed E-state index contributed by atoms with van der Waals surface area (Å²) in [5.74, 6) is 0.0459. The van der Waals surface area contributed by atoms with Crippen LogP contribution in [0.3, 0.4) is 0 Å². The number of hydrogen-bond donors (Lipinski definition) is 3. The van der Waals surface area contributed by atoms with Crippen LogP contribution in [0.4, 0.5) is 10.1 Å². The maximum absolute atomic E-state index is 13.0. The van der Waals surface area contributed by atoms with E-state index in [1.165, 1.54) is 23.9 Å². The van der Waals surface area contributed by atoms with Crippen LogP contribution in [-0.2, 0) is 15.3 Å². The molecule has 3 rings (SSSR count). The zero-order valence-corrected chi connectivity index (χ0v) is 16.9. The Kier molecular flexibility index (Phi) is 6.93. The highest BCUT2D eigenvalue weighted by molar-refractivity contribution is 7.99. The average molecular weight is 422 g/mol. The monoisotopic (exact) mass is 421 g/mol. The SMILES string of the molecule is Cc1ccc(Cl)cc1NC(=O)CC1CC(=O)NC(SCc2ccc(F)cc2)N1. The van der Waals surface area contributed by atoms with Crippen LogP contribution < -0.4 is 16.0 Å². The molecule has 2 aromatic rings. The van der Waals surface area contributed by atoms with E-state index in [1.807, 2.05) is 13.0 Å². The molecule has 5 nitrogen and oxygen atoms in total. The van der Waals surface area contributed by atoms with Crippen LogP contribution in [0.2, 0.25) is 5.02 Å². The Morgan fingerprint density at radius 2 is 2.04 bits per heavy atom. The topological polar surface area (TPSA) is 70.2 Å². The summed E-state index contributed by atoms with van der Waals surface area (Å²) in [4.78, 5) is 24.4. The van der Waals surface area contributed by atoms with Crippen LogP contribution in [0.15, 0.2) is 42.5 Å². The van der Waals surface area contributed by atoms with Crippen LogP contribution in [-0.4, -0.2) is 23.4 Å². The van der Waals surface area contributed by atoms with Gasteiger partial charge in [0.25, 0.3) is 0 Å². The third-order valence-electron chi connectivity index (χ3n) is 4.35. The summed E-state index contributed by atoms with van der Waals surface area (Å²) in [5, 5.41) is 9.54. The number of nitrogens with one attached hydrogen (secondary N) is 3. The van der Waals surface area contributed by atoms with Gasteiger partial charge in [-0.2, -0.15) is 0 Å². The van der Waals surface area contributed by atoms with Crippen molar-refractivity contribution < 1.29 is 14.0 Å². The number of hydrogen-bond acceptors (Lipinski definition) is 4. The number of thioether (sulfide) groups is 1. The third-order valence-corrected chi connectivity index (χ3v) is 5.67. The fourth-order valence-corrected chi connectivity index (χ4v) is 4.11. The van der Waals surface area contributed by atoms with Crippen molar-refractivity contribution in [2.45, 2.75) is 37.1 Å². The Bertz CT molecular complexity index is 863. The summed E-state index contributed by atoms with van der Waals surface area (Å²) in [6, 6.07) is 11.3. The van der Waals surface area contributed by atoms with Crippen molar-refractivity contribution in [2.24, 2.45) is 0 Å². The molecule has 1 aliphatic rings. The lowest BCUT2D eigenvalue weighted by Crippen LogP contribution is -2.55. The highest BCUT2D eigenvalue weighted by atomic mass is 35.5. The van der Waals surface area contributed by atoms with Gasteiger partial charge in [0.05, 0.1) is 0 Å². The van der Waals surface area contributed by atoms with E-state index < -0.39 is 0 Å². The van der Waals surface area contributed by atoms with Gasteiger partial charge < -0.3 is 10.6 Å². The fraction of sp³-hybridized carbons (Fsp3) is 0.300. The lowest BCUT2D eigenvalue weighted by atomic mass is 10.1. The van der Waals surface area contributed by atoms with Crippen molar-refractivity contribution in [2.75, 3.05) is 5.32 Å². The molecule has 1 aliphatic heterocycles. The number of carbonyl (C=O) groups excluding carboxylic acids is 2. The van der Waals surface area contributed by atoms with Crippen molar-refractivity contribution in [3.63, 3.8) is 0 Å². The predicted octanol–water partition coefficient (Wildman–Crippen LogP) is 3.81. The third kappa shape index (κ3) is 5.95. The summed E-state index contributed by atoms with van der Waals surface area (Å²) in [7, 11) is 0. The fourth-order valence-electron chi connectivity index (χ4n) is 2.88. The molecule has 1 heterocycles. The molecule has 0 radical (unpaired) electrons. The molecule has 1 saturated heterocycles. The minimum atomic E-state index is -0.308. The molecule has 1 fully saturated rings. The lowest BCUT2D eigenvalue weighted by Gasteiger charge is -2.31. The summed E-state index contributed by atoms with van der Waals surface area (Å²) in [6.07, 6.45) is 0.405. The highest BCUT2D eigenvalue weighted by Crippen LogP contribution is 2.22. The first-order chi connectivity index (χ1) is 13.4. The number of anilines is 1. The van der Waals surface area contributed by atoms with Crippen LogP contribution in [0.1, 0.15) is 24.0 Å². The van der Waals surface area contributed by atoms with Gasteiger partial charge in [-0.3, -0.25) is 14.9 Å². The van der Waals surface area contributed by atoms with Gasteiger partial charge in [0, 0.05) is 35.3 Å². The molecule has 0 aromatic heterocycles. The van der Waals surface area contributed by atoms with Crippen molar-refractivity contribution in [3.8, 4) is 0 Å². The first-order valence-electron chi connectivity index (χ1n) is 8.86. The molecule has 148 valence electrons. The summed E-state index contributed by atoms with van der Waals surface area (Å²) >= 11 is 7.47. The molecular formula is C20H21ClFN3O2S. The number of rotatable bonds is 6. The first kappa shape index (κ1) is 20.6. The number of benzene rings is 2. The van der Waals surface area contributed by atoms with Crippen LogP contribution in [0.5, 0.6) is 0 Å². The lowest BCUT2D eigenvalue weighted by molar-refractivity contribution is -0.124. The van der Waals surface area contributed by atoms with Crippen molar-refractivity contribution in [3.05, 3.63) is 64.4 Å². The number of aryl methyl sites for hydroxylation is 1. The van der Waals surface area contributed by atoms with Gasteiger partial charge in [-0.25, -0.2) is 4.39 Å². The van der Waals surface area contributed by atoms with E-state index in [9.17, 15) is 14.0 Å². The van der Waals surface area contributed by atoms with Gasteiger partial charge in [-0.1, -0.05) is 29.8 Å². The maximum Gasteiger partial charge on any atom is 0.225 e. The molecule has 2 unspecified atom stereocenters. The van der Waals surface area contributed by atoms with E-state index in [1.54, 1.807) is 24.3 Å². The Morgan fingerprint density at radius 1 is 1.29 bits per heavy atom. The van der Waals surface area contributed by atoms with E-state index >= 15 is 0 Å². The van der Waals surface area contributed by atoms with Gasteiger partial charge in [0.1, 0.15) is 11.3 Å². The van der Waals surface area contributed by atoms with Crippen molar-refractivity contribution in [1.29, 1.82) is 0 Å². The van der Waals surface area contributed by atoms with E-state index in [0.29, 0.717) is 16.5 Å². The zero-order valence-electron chi connectivity index (χ0n) is 15.3. The normalized spacial score (nSPS) is 19.2. The molecule has 2 aromatic carbocycles. The molecule has 0 aliphatic carbocycles. The second-order valence-corrected chi connectivity index (χ2v) is 8.19. The average Bonchev–Trinajstić information content (AvgIpc) is 2.64. The van der Waals surface area contributed by atoms with Gasteiger partial charge in [0.2, 0.25) is 11.8 Å². The van der Waals surface area contributed by atoms with Crippen LogP contribution in [0, 0.1) is 12.7 Å². The van der Waals surface area contributed by atoms with E-state index in [4.69, 9.17) is 11.6 Å². The molecule has 3 N–H and O–H groups in total. The van der Waals surface area contributed by atoms with Crippen molar-refractivity contribution in [1.82, 2.24) is 10.6 Å². The first-order valence-corrected chi connectivity index (χ1v) is 10.3. The van der Waals surface area contributed by atoms with E-state index in [-0.39, 0.29) is 42.0 Å². The number of amides is 2.